The van der Waals surface area contributed by atoms with E-state index in [1.165, 1.54) is 7.11 Å². The molecule has 8 heteroatoms. The molecule has 0 bridgehead atoms. The Morgan fingerprint density at radius 1 is 1.38 bits per heavy atom. The van der Waals surface area contributed by atoms with Crippen molar-refractivity contribution in [3.63, 3.8) is 0 Å². The number of rotatable bonds is 4. The predicted molar refractivity (Wildman–Crippen MR) is 93.9 cm³/mol. The van der Waals surface area contributed by atoms with E-state index in [9.17, 15) is 14.0 Å². The molecule has 1 fully saturated rings. The van der Waals surface area contributed by atoms with E-state index >= 15 is 0 Å². The van der Waals surface area contributed by atoms with E-state index < -0.39 is 17.1 Å². The first-order valence-electron chi connectivity index (χ1n) is 8.25. The SMILES string of the molecule is COc1c(-c2ccc(CN)cn2)c(F)cn2c(=O)[nH]c(=O)c(C3CC3)c12. The Morgan fingerprint density at radius 2 is 2.15 bits per heavy atom. The van der Waals surface area contributed by atoms with Crippen LogP contribution in [0.5, 0.6) is 5.75 Å². The summed E-state index contributed by atoms with van der Waals surface area (Å²) in [6.07, 6.45) is 4.31. The highest BCUT2D eigenvalue weighted by atomic mass is 19.1. The summed E-state index contributed by atoms with van der Waals surface area (Å²) >= 11 is 0. The van der Waals surface area contributed by atoms with Crippen LogP contribution in [0, 0.1) is 5.82 Å². The highest BCUT2D eigenvalue weighted by Crippen LogP contribution is 2.44. The minimum Gasteiger partial charge on any atom is -0.494 e. The van der Waals surface area contributed by atoms with Gasteiger partial charge in [0, 0.05) is 18.3 Å². The fraction of sp³-hybridized carbons (Fsp3) is 0.278. The van der Waals surface area contributed by atoms with Crippen molar-refractivity contribution in [2.24, 2.45) is 5.73 Å². The van der Waals surface area contributed by atoms with E-state index in [4.69, 9.17) is 10.5 Å². The Morgan fingerprint density at radius 3 is 2.73 bits per heavy atom. The summed E-state index contributed by atoms with van der Waals surface area (Å²) in [4.78, 5) is 31.1. The molecule has 3 aromatic rings. The molecule has 4 rings (SSSR count). The number of fused-ring (bicyclic) bond motifs is 1. The molecule has 7 nitrogen and oxygen atoms in total. The molecule has 134 valence electrons. The summed E-state index contributed by atoms with van der Waals surface area (Å²) in [6, 6.07) is 3.39. The number of ether oxygens (including phenoxy) is 1. The standard InChI is InChI=1S/C18H17FN4O3/c1-26-16-14(12-5-2-9(6-20)7-21-12)11(19)8-23-15(16)13(10-3-4-10)17(24)22-18(23)25/h2,5,7-8,10H,3-4,6,20H2,1H3,(H,22,24,25). The number of nitrogens with two attached hydrogens (primary N) is 1. The largest absolute Gasteiger partial charge is 0.494 e. The van der Waals surface area contributed by atoms with Gasteiger partial charge in [0.2, 0.25) is 0 Å². The zero-order valence-electron chi connectivity index (χ0n) is 14.1. The van der Waals surface area contributed by atoms with Gasteiger partial charge in [0.15, 0.2) is 11.6 Å². The van der Waals surface area contributed by atoms with Gasteiger partial charge >= 0.3 is 5.69 Å². The first kappa shape index (κ1) is 16.5. The third-order valence-electron chi connectivity index (χ3n) is 4.61. The van der Waals surface area contributed by atoms with Crippen LogP contribution >= 0.6 is 0 Å². The van der Waals surface area contributed by atoms with E-state index in [-0.39, 0.29) is 17.2 Å². The zero-order chi connectivity index (χ0) is 18.4. The number of methoxy groups -OCH3 is 1. The monoisotopic (exact) mass is 356 g/mol. The molecule has 1 saturated carbocycles. The average molecular weight is 356 g/mol. The van der Waals surface area contributed by atoms with Gasteiger partial charge < -0.3 is 10.5 Å². The summed E-state index contributed by atoms with van der Waals surface area (Å²) in [5.74, 6) is -0.504. The van der Waals surface area contributed by atoms with E-state index in [0.717, 1.165) is 29.0 Å². The Hall–Kier alpha value is -3.00. The summed E-state index contributed by atoms with van der Waals surface area (Å²) in [7, 11) is 1.38. The van der Waals surface area contributed by atoms with E-state index in [1.807, 2.05) is 0 Å². The normalized spacial score (nSPS) is 14.0. The first-order chi connectivity index (χ1) is 12.5. The second kappa shape index (κ2) is 6.06. The maximum atomic E-state index is 14.9. The Balaban J connectivity index is 2.10. The van der Waals surface area contributed by atoms with Gasteiger partial charge in [-0.1, -0.05) is 6.07 Å². The van der Waals surface area contributed by atoms with Crippen molar-refractivity contribution in [2.75, 3.05) is 7.11 Å². The first-order valence-corrected chi connectivity index (χ1v) is 8.25. The van der Waals surface area contributed by atoms with Crippen molar-refractivity contribution in [1.29, 1.82) is 0 Å². The molecule has 1 aliphatic carbocycles. The molecule has 0 unspecified atom stereocenters. The quantitative estimate of drug-likeness (QED) is 0.738. The molecule has 0 radical (unpaired) electrons. The van der Waals surface area contributed by atoms with Gasteiger partial charge in [-0.3, -0.25) is 19.2 Å². The smallest absolute Gasteiger partial charge is 0.333 e. The van der Waals surface area contributed by atoms with E-state index in [1.54, 1.807) is 18.3 Å². The lowest BCUT2D eigenvalue weighted by Gasteiger charge is -2.15. The molecule has 3 N–H and O–H groups in total. The summed E-state index contributed by atoms with van der Waals surface area (Å²) < 4.78 is 21.4. The van der Waals surface area contributed by atoms with Crippen LogP contribution in [0.15, 0.2) is 34.1 Å². The third kappa shape index (κ3) is 2.50. The minimum absolute atomic E-state index is 0.0362. The lowest BCUT2D eigenvalue weighted by molar-refractivity contribution is 0.414. The molecular weight excluding hydrogens is 339 g/mol. The second-order valence-corrected chi connectivity index (χ2v) is 6.31. The number of hydrogen-bond donors (Lipinski definition) is 2. The van der Waals surface area contributed by atoms with Crippen molar-refractivity contribution in [2.45, 2.75) is 25.3 Å². The number of aromatic amines is 1. The predicted octanol–water partition coefficient (Wildman–Crippen LogP) is 1.53. The third-order valence-corrected chi connectivity index (χ3v) is 4.61. The maximum Gasteiger partial charge on any atom is 0.333 e. The van der Waals surface area contributed by atoms with Crippen molar-refractivity contribution in [1.82, 2.24) is 14.4 Å². The van der Waals surface area contributed by atoms with E-state index in [2.05, 4.69) is 9.97 Å². The number of nitrogens with zero attached hydrogens (tertiary/aromatic N) is 2. The van der Waals surface area contributed by atoms with Crippen molar-refractivity contribution in [3.05, 3.63) is 62.3 Å². The van der Waals surface area contributed by atoms with E-state index in [0.29, 0.717) is 23.3 Å². The maximum absolute atomic E-state index is 14.9. The highest BCUT2D eigenvalue weighted by Gasteiger charge is 2.32. The number of halogens is 1. The van der Waals surface area contributed by atoms with Crippen LogP contribution < -0.4 is 21.7 Å². The van der Waals surface area contributed by atoms with Crippen molar-refractivity contribution < 1.29 is 9.13 Å². The fourth-order valence-corrected chi connectivity index (χ4v) is 3.20. The Kier molecular flexibility index (Phi) is 3.84. The molecule has 0 atom stereocenters. The fourth-order valence-electron chi connectivity index (χ4n) is 3.20. The summed E-state index contributed by atoms with van der Waals surface area (Å²) in [6.45, 7) is 0.321. The van der Waals surface area contributed by atoms with Gasteiger partial charge in [-0.15, -0.1) is 0 Å². The lowest BCUT2D eigenvalue weighted by atomic mass is 10.0. The molecule has 3 aromatic heterocycles. The molecule has 26 heavy (non-hydrogen) atoms. The molecule has 1 aliphatic rings. The van der Waals surface area contributed by atoms with Gasteiger partial charge in [-0.2, -0.15) is 0 Å². The van der Waals surface area contributed by atoms with Crippen LogP contribution in [0.1, 0.15) is 29.9 Å². The van der Waals surface area contributed by atoms with Crippen LogP contribution in [-0.2, 0) is 6.54 Å². The van der Waals surface area contributed by atoms with Gasteiger partial charge in [-0.25, -0.2) is 9.18 Å². The van der Waals surface area contributed by atoms with Crippen LogP contribution in [-0.4, -0.2) is 21.5 Å². The number of aromatic nitrogens is 3. The number of hydrogen-bond acceptors (Lipinski definition) is 5. The topological polar surface area (TPSA) is 102 Å². The van der Waals surface area contributed by atoms with Gasteiger partial charge in [-0.05, 0) is 30.4 Å². The van der Waals surface area contributed by atoms with Gasteiger partial charge in [0.05, 0.1) is 24.6 Å². The number of nitrogens with one attached hydrogen (secondary N) is 1. The highest BCUT2D eigenvalue weighted by molar-refractivity contribution is 5.80. The van der Waals surface area contributed by atoms with Gasteiger partial charge in [0.1, 0.15) is 5.52 Å². The lowest BCUT2D eigenvalue weighted by Crippen LogP contribution is -2.29. The zero-order valence-corrected chi connectivity index (χ0v) is 14.1. The van der Waals surface area contributed by atoms with Crippen molar-refractivity contribution in [3.8, 4) is 17.0 Å². The second-order valence-electron chi connectivity index (χ2n) is 6.31. The van der Waals surface area contributed by atoms with Crippen LogP contribution in [0.4, 0.5) is 4.39 Å². The number of H-pyrrole nitrogens is 1. The Labute approximate surface area is 147 Å². The Bertz CT molecular complexity index is 1110. The van der Waals surface area contributed by atoms with Gasteiger partial charge in [0.25, 0.3) is 5.56 Å². The average Bonchev–Trinajstić information content (AvgIpc) is 3.46. The minimum atomic E-state index is -0.704. The molecule has 0 amide bonds. The summed E-state index contributed by atoms with van der Waals surface area (Å²) in [5, 5.41) is 0. The summed E-state index contributed by atoms with van der Waals surface area (Å²) in [5.41, 5.74) is 6.42. The van der Waals surface area contributed by atoms with Crippen molar-refractivity contribution >= 4 is 5.52 Å². The molecule has 0 saturated heterocycles. The van der Waals surface area contributed by atoms with Crippen LogP contribution in [0.3, 0.4) is 0 Å². The van der Waals surface area contributed by atoms with Crippen LogP contribution in [0.25, 0.3) is 16.8 Å². The molecule has 0 aliphatic heterocycles. The molecule has 0 spiro atoms. The van der Waals surface area contributed by atoms with Crippen LogP contribution in [0.2, 0.25) is 0 Å². The molecule has 0 aromatic carbocycles. The molecule has 3 heterocycles. The number of pyridine rings is 2. The molecular formula is C18H17FN4O3.